The monoisotopic (exact) mass is 292 g/mol. The molecule has 1 aromatic rings. The average Bonchev–Trinajstić information content (AvgIpc) is 2.55. The first-order valence-electron chi connectivity index (χ1n) is 5.52. The van der Waals surface area contributed by atoms with E-state index in [1.54, 1.807) is 4.90 Å². The number of amides is 1. The van der Waals surface area contributed by atoms with E-state index >= 15 is 0 Å². The Morgan fingerprint density at radius 3 is 2.76 bits per heavy atom. The molecule has 88 valence electrons. The lowest BCUT2D eigenvalue weighted by Crippen LogP contribution is -2.32. The molecule has 0 aliphatic carbocycles. The number of nitriles is 1. The zero-order chi connectivity index (χ0) is 12.6. The summed E-state index contributed by atoms with van der Waals surface area (Å²) in [5.74, 6) is -0.190. The summed E-state index contributed by atoms with van der Waals surface area (Å²) >= 11 is 3.48. The van der Waals surface area contributed by atoms with Crippen LogP contribution in [0.4, 0.5) is 5.69 Å². The van der Waals surface area contributed by atoms with Crippen molar-refractivity contribution >= 4 is 27.5 Å². The Labute approximate surface area is 109 Å². The molecule has 3 nitrogen and oxygen atoms in total. The lowest BCUT2D eigenvalue weighted by Gasteiger charge is -2.24. The fourth-order valence-electron chi connectivity index (χ4n) is 2.18. The summed E-state index contributed by atoms with van der Waals surface area (Å²) in [7, 11) is 0. The number of benzene rings is 1. The van der Waals surface area contributed by atoms with Gasteiger partial charge in [-0.3, -0.25) is 4.79 Å². The molecule has 1 fully saturated rings. The summed E-state index contributed by atoms with van der Waals surface area (Å²) < 4.78 is 0.899. The molecule has 0 radical (unpaired) electrons. The number of rotatable bonds is 1. The number of hydrogen-bond acceptors (Lipinski definition) is 2. The van der Waals surface area contributed by atoms with Crippen molar-refractivity contribution in [3.05, 3.63) is 28.2 Å². The predicted molar refractivity (Wildman–Crippen MR) is 69.5 cm³/mol. The van der Waals surface area contributed by atoms with Gasteiger partial charge in [-0.15, -0.1) is 0 Å². The molecular formula is C13H13BrN2O. The molecule has 0 saturated carbocycles. The van der Waals surface area contributed by atoms with Crippen LogP contribution in [0.2, 0.25) is 0 Å². The van der Waals surface area contributed by atoms with Crippen molar-refractivity contribution in [1.29, 1.82) is 5.26 Å². The van der Waals surface area contributed by atoms with E-state index in [9.17, 15) is 4.79 Å². The van der Waals surface area contributed by atoms with Gasteiger partial charge < -0.3 is 4.90 Å². The van der Waals surface area contributed by atoms with Gasteiger partial charge in [0.15, 0.2) is 0 Å². The molecule has 1 aliphatic heterocycles. The molecule has 1 heterocycles. The molecule has 4 heteroatoms. The topological polar surface area (TPSA) is 44.1 Å². The van der Waals surface area contributed by atoms with Crippen LogP contribution >= 0.6 is 15.9 Å². The Bertz CT molecular complexity index is 507. The van der Waals surface area contributed by atoms with Crippen molar-refractivity contribution in [3.63, 3.8) is 0 Å². The number of halogens is 1. The molecule has 1 aromatic carbocycles. The van der Waals surface area contributed by atoms with E-state index in [1.165, 1.54) is 0 Å². The van der Waals surface area contributed by atoms with Gasteiger partial charge >= 0.3 is 0 Å². The van der Waals surface area contributed by atoms with Gasteiger partial charge in [0.1, 0.15) is 0 Å². The Kier molecular flexibility index (Phi) is 3.21. The normalized spacial score (nSPS) is 23.9. The average molecular weight is 293 g/mol. The lowest BCUT2D eigenvalue weighted by molar-refractivity contribution is -0.117. The van der Waals surface area contributed by atoms with Crippen LogP contribution < -0.4 is 4.90 Å². The molecule has 1 aliphatic rings. The van der Waals surface area contributed by atoms with Crippen molar-refractivity contribution < 1.29 is 4.79 Å². The van der Waals surface area contributed by atoms with E-state index in [1.807, 2.05) is 32.0 Å². The third-order valence-electron chi connectivity index (χ3n) is 3.18. The van der Waals surface area contributed by atoms with Gasteiger partial charge in [-0.05, 0) is 47.5 Å². The third kappa shape index (κ3) is 2.07. The first-order valence-corrected chi connectivity index (χ1v) is 6.31. The van der Waals surface area contributed by atoms with E-state index in [0.29, 0.717) is 6.42 Å². The second-order valence-electron chi connectivity index (χ2n) is 4.40. The number of carbonyl (C=O) groups is 1. The van der Waals surface area contributed by atoms with E-state index in [4.69, 9.17) is 5.26 Å². The molecule has 2 unspecified atom stereocenters. The fraction of sp³-hybridized carbons (Fsp3) is 0.385. The maximum absolute atomic E-state index is 11.9. The molecule has 0 spiro atoms. The number of anilines is 1. The SMILES string of the molecule is Cc1ccc(N2C(=O)CC(C#N)C2C)c(Br)c1. The predicted octanol–water partition coefficient (Wildman–Crippen LogP) is 3.02. The largest absolute Gasteiger partial charge is 0.307 e. The standard InChI is InChI=1S/C13H13BrN2O/c1-8-3-4-12(11(14)5-8)16-9(2)10(7-15)6-13(16)17/h3-5,9-10H,6H2,1-2H3. The zero-order valence-corrected chi connectivity index (χ0v) is 11.4. The highest BCUT2D eigenvalue weighted by Gasteiger charge is 2.38. The van der Waals surface area contributed by atoms with Crippen LogP contribution in [0.1, 0.15) is 18.9 Å². The first kappa shape index (κ1) is 12.1. The molecule has 2 atom stereocenters. The minimum Gasteiger partial charge on any atom is -0.307 e. The van der Waals surface area contributed by atoms with Gasteiger partial charge in [-0.2, -0.15) is 5.26 Å². The molecule has 1 saturated heterocycles. The Morgan fingerprint density at radius 1 is 1.53 bits per heavy atom. The summed E-state index contributed by atoms with van der Waals surface area (Å²) in [5, 5.41) is 8.99. The second-order valence-corrected chi connectivity index (χ2v) is 5.25. The van der Waals surface area contributed by atoms with Crippen molar-refractivity contribution in [1.82, 2.24) is 0 Å². The van der Waals surface area contributed by atoms with Gasteiger partial charge in [0.05, 0.1) is 23.7 Å². The molecule has 0 N–H and O–H groups in total. The molecule has 0 aromatic heterocycles. The van der Waals surface area contributed by atoms with E-state index in [2.05, 4.69) is 22.0 Å². The van der Waals surface area contributed by atoms with Crippen molar-refractivity contribution in [2.24, 2.45) is 5.92 Å². The molecular weight excluding hydrogens is 280 g/mol. The quantitative estimate of drug-likeness (QED) is 0.799. The minimum absolute atomic E-state index is 0.0219. The van der Waals surface area contributed by atoms with E-state index < -0.39 is 0 Å². The van der Waals surface area contributed by atoms with Gasteiger partial charge in [0.25, 0.3) is 0 Å². The molecule has 17 heavy (non-hydrogen) atoms. The minimum atomic E-state index is -0.212. The third-order valence-corrected chi connectivity index (χ3v) is 3.82. The van der Waals surface area contributed by atoms with Crippen LogP contribution in [0.5, 0.6) is 0 Å². The highest BCUT2D eigenvalue weighted by Crippen LogP contribution is 2.35. The van der Waals surface area contributed by atoms with Gasteiger partial charge in [0, 0.05) is 10.9 Å². The highest BCUT2D eigenvalue weighted by molar-refractivity contribution is 9.10. The van der Waals surface area contributed by atoms with Crippen molar-refractivity contribution in [2.45, 2.75) is 26.3 Å². The maximum atomic E-state index is 11.9. The van der Waals surface area contributed by atoms with Gasteiger partial charge in [-0.25, -0.2) is 0 Å². The first-order chi connectivity index (χ1) is 8.04. The van der Waals surface area contributed by atoms with Crippen LogP contribution in [0.15, 0.2) is 22.7 Å². The van der Waals surface area contributed by atoms with E-state index in [0.717, 1.165) is 15.7 Å². The Hall–Kier alpha value is -1.34. The van der Waals surface area contributed by atoms with Crippen LogP contribution in [-0.4, -0.2) is 11.9 Å². The number of nitrogens with zero attached hydrogens (tertiary/aromatic N) is 2. The maximum Gasteiger partial charge on any atom is 0.228 e. The summed E-state index contributed by atoms with van der Waals surface area (Å²) in [6.07, 6.45) is 0.317. The summed E-state index contributed by atoms with van der Waals surface area (Å²) in [6, 6.07) is 8.01. The summed E-state index contributed by atoms with van der Waals surface area (Å²) in [4.78, 5) is 13.7. The van der Waals surface area contributed by atoms with Crippen molar-refractivity contribution in [2.75, 3.05) is 4.90 Å². The van der Waals surface area contributed by atoms with Crippen LogP contribution in [-0.2, 0) is 4.79 Å². The van der Waals surface area contributed by atoms with Crippen LogP contribution in [0, 0.1) is 24.2 Å². The van der Waals surface area contributed by atoms with Crippen LogP contribution in [0.3, 0.4) is 0 Å². The number of aryl methyl sites for hydroxylation is 1. The molecule has 1 amide bonds. The van der Waals surface area contributed by atoms with Gasteiger partial charge in [0.2, 0.25) is 5.91 Å². The van der Waals surface area contributed by atoms with E-state index in [-0.39, 0.29) is 17.9 Å². The molecule has 2 rings (SSSR count). The lowest BCUT2D eigenvalue weighted by atomic mass is 10.0. The van der Waals surface area contributed by atoms with Crippen LogP contribution in [0.25, 0.3) is 0 Å². The summed E-state index contributed by atoms with van der Waals surface area (Å²) in [6.45, 7) is 3.92. The summed E-state index contributed by atoms with van der Waals surface area (Å²) in [5.41, 5.74) is 1.99. The number of carbonyl (C=O) groups excluding carboxylic acids is 1. The highest BCUT2D eigenvalue weighted by atomic mass is 79.9. The Morgan fingerprint density at radius 2 is 2.24 bits per heavy atom. The fourth-order valence-corrected chi connectivity index (χ4v) is 2.86. The molecule has 0 bridgehead atoms. The second kappa shape index (κ2) is 4.50. The Balaban J connectivity index is 2.41. The zero-order valence-electron chi connectivity index (χ0n) is 9.77. The smallest absolute Gasteiger partial charge is 0.228 e. The number of hydrogen-bond donors (Lipinski definition) is 0. The van der Waals surface area contributed by atoms with Gasteiger partial charge in [-0.1, -0.05) is 6.07 Å². The van der Waals surface area contributed by atoms with Crippen molar-refractivity contribution in [3.8, 4) is 6.07 Å².